The molecule has 0 saturated heterocycles. The maximum Gasteiger partial charge on any atom is 0.335 e. The molecule has 0 aliphatic carbocycles. The number of benzene rings is 1. The van der Waals surface area contributed by atoms with Gasteiger partial charge in [-0.05, 0) is 23.6 Å². The fraction of sp³-hybridized carbons (Fsp3) is 0.429. The Bertz CT molecular complexity index is 462. The highest BCUT2D eigenvalue weighted by atomic mass is 16.5. The second-order valence-corrected chi connectivity index (χ2v) is 4.63. The molecule has 0 radical (unpaired) electrons. The minimum atomic E-state index is -0.982. The van der Waals surface area contributed by atoms with Crippen LogP contribution in [0.1, 0.15) is 22.8 Å². The molecular formula is C14H20N2O4. The smallest absolute Gasteiger partial charge is 0.335 e. The summed E-state index contributed by atoms with van der Waals surface area (Å²) in [6, 6.07) is 6.18. The highest BCUT2D eigenvalue weighted by Crippen LogP contribution is 2.05. The van der Waals surface area contributed by atoms with Crippen LogP contribution in [-0.2, 0) is 11.3 Å². The number of carbonyl (C=O) groups is 2. The third kappa shape index (κ3) is 5.71. The highest BCUT2D eigenvalue weighted by molar-refractivity contribution is 5.87. The van der Waals surface area contributed by atoms with Crippen molar-refractivity contribution in [3.63, 3.8) is 0 Å². The number of rotatable bonds is 7. The summed E-state index contributed by atoms with van der Waals surface area (Å²) in [6.45, 7) is 3.36. The molecule has 0 aromatic heterocycles. The van der Waals surface area contributed by atoms with E-state index in [4.69, 9.17) is 9.84 Å². The van der Waals surface area contributed by atoms with E-state index in [-0.39, 0.29) is 24.1 Å². The molecule has 1 rings (SSSR count). The van der Waals surface area contributed by atoms with E-state index < -0.39 is 5.97 Å². The molecular weight excluding hydrogens is 260 g/mol. The maximum atomic E-state index is 11.6. The normalized spacial score (nSPS) is 11.7. The molecule has 1 unspecified atom stereocenters. The predicted octanol–water partition coefficient (Wildman–Crippen LogP) is 1.47. The Morgan fingerprint density at radius 2 is 2.10 bits per heavy atom. The number of urea groups is 1. The van der Waals surface area contributed by atoms with Crippen LogP contribution >= 0.6 is 0 Å². The number of aromatic carboxylic acids is 1. The minimum absolute atomic E-state index is 0.207. The summed E-state index contributed by atoms with van der Waals surface area (Å²) < 4.78 is 4.97. The number of amides is 2. The number of ether oxygens (including phenoxy) is 1. The van der Waals surface area contributed by atoms with E-state index in [0.717, 1.165) is 5.56 Å². The summed E-state index contributed by atoms with van der Waals surface area (Å²) in [7, 11) is 1.62. The van der Waals surface area contributed by atoms with Crippen molar-refractivity contribution in [2.24, 2.45) is 5.92 Å². The topological polar surface area (TPSA) is 87.7 Å². The summed E-state index contributed by atoms with van der Waals surface area (Å²) in [6.07, 6.45) is 0. The van der Waals surface area contributed by atoms with Gasteiger partial charge in [-0.2, -0.15) is 0 Å². The van der Waals surface area contributed by atoms with Gasteiger partial charge in [-0.3, -0.25) is 0 Å². The Balaban J connectivity index is 2.37. The van der Waals surface area contributed by atoms with Crippen LogP contribution in [0.4, 0.5) is 4.79 Å². The zero-order valence-electron chi connectivity index (χ0n) is 11.7. The van der Waals surface area contributed by atoms with Gasteiger partial charge in [-0.1, -0.05) is 19.1 Å². The molecule has 0 spiro atoms. The van der Waals surface area contributed by atoms with Gasteiger partial charge in [0.25, 0.3) is 0 Å². The predicted molar refractivity (Wildman–Crippen MR) is 74.7 cm³/mol. The third-order valence-electron chi connectivity index (χ3n) is 2.69. The van der Waals surface area contributed by atoms with E-state index in [2.05, 4.69) is 10.6 Å². The van der Waals surface area contributed by atoms with Crippen LogP contribution in [0.2, 0.25) is 0 Å². The van der Waals surface area contributed by atoms with Crippen molar-refractivity contribution in [2.45, 2.75) is 13.5 Å². The monoisotopic (exact) mass is 280 g/mol. The SMILES string of the molecule is COCC(C)CNC(=O)NCc1cccc(C(=O)O)c1. The summed E-state index contributed by atoms with van der Waals surface area (Å²) in [5.74, 6) is -0.745. The number of carboxylic acids is 1. The van der Waals surface area contributed by atoms with Gasteiger partial charge in [-0.15, -0.1) is 0 Å². The zero-order chi connectivity index (χ0) is 15.0. The first kappa shape index (κ1) is 16.0. The molecule has 6 nitrogen and oxygen atoms in total. The van der Waals surface area contributed by atoms with Crippen LogP contribution in [0.25, 0.3) is 0 Å². The van der Waals surface area contributed by atoms with Crippen molar-refractivity contribution >= 4 is 12.0 Å². The first-order valence-corrected chi connectivity index (χ1v) is 6.35. The number of methoxy groups -OCH3 is 1. The Labute approximate surface area is 118 Å². The molecule has 0 aliphatic rings. The highest BCUT2D eigenvalue weighted by Gasteiger charge is 2.06. The van der Waals surface area contributed by atoms with Gasteiger partial charge in [0, 0.05) is 20.2 Å². The summed E-state index contributed by atoms with van der Waals surface area (Å²) in [4.78, 5) is 22.4. The number of nitrogens with one attached hydrogen (secondary N) is 2. The van der Waals surface area contributed by atoms with E-state index in [0.29, 0.717) is 13.2 Å². The fourth-order valence-electron chi connectivity index (χ4n) is 1.67. The van der Waals surface area contributed by atoms with Gasteiger partial charge < -0.3 is 20.5 Å². The van der Waals surface area contributed by atoms with Crippen molar-refractivity contribution in [1.29, 1.82) is 0 Å². The molecule has 0 saturated carbocycles. The number of carboxylic acid groups (broad SMARTS) is 1. The van der Waals surface area contributed by atoms with Gasteiger partial charge in [0.2, 0.25) is 0 Å². The Kier molecular flexibility index (Phi) is 6.52. The van der Waals surface area contributed by atoms with E-state index in [1.165, 1.54) is 12.1 Å². The third-order valence-corrected chi connectivity index (χ3v) is 2.69. The lowest BCUT2D eigenvalue weighted by Crippen LogP contribution is -2.38. The van der Waals surface area contributed by atoms with E-state index >= 15 is 0 Å². The van der Waals surface area contributed by atoms with Crippen LogP contribution in [0, 0.1) is 5.92 Å². The lowest BCUT2D eigenvalue weighted by Gasteiger charge is -2.12. The summed E-state index contributed by atoms with van der Waals surface area (Å²) >= 11 is 0. The lowest BCUT2D eigenvalue weighted by atomic mass is 10.1. The van der Waals surface area contributed by atoms with Crippen molar-refractivity contribution in [3.05, 3.63) is 35.4 Å². The van der Waals surface area contributed by atoms with Crippen LogP contribution < -0.4 is 10.6 Å². The quantitative estimate of drug-likeness (QED) is 0.705. The Hall–Kier alpha value is -2.08. The standard InChI is InChI=1S/C14H20N2O4/c1-10(9-20-2)7-15-14(19)16-8-11-4-3-5-12(6-11)13(17)18/h3-6,10H,7-9H2,1-2H3,(H,17,18)(H2,15,16,19). The average molecular weight is 280 g/mol. The first-order chi connectivity index (χ1) is 9.52. The molecule has 1 aromatic carbocycles. The lowest BCUT2D eigenvalue weighted by molar-refractivity contribution is 0.0696. The molecule has 0 heterocycles. The number of carbonyl (C=O) groups excluding carboxylic acids is 1. The second-order valence-electron chi connectivity index (χ2n) is 4.63. The largest absolute Gasteiger partial charge is 0.478 e. The molecule has 3 N–H and O–H groups in total. The Morgan fingerprint density at radius 1 is 1.35 bits per heavy atom. The van der Waals surface area contributed by atoms with Crippen molar-refractivity contribution in [2.75, 3.05) is 20.3 Å². The van der Waals surface area contributed by atoms with Crippen LogP contribution in [0.5, 0.6) is 0 Å². The zero-order valence-corrected chi connectivity index (χ0v) is 11.7. The molecule has 0 bridgehead atoms. The minimum Gasteiger partial charge on any atom is -0.478 e. The van der Waals surface area contributed by atoms with Crippen molar-refractivity contribution in [1.82, 2.24) is 10.6 Å². The van der Waals surface area contributed by atoms with E-state index in [1.54, 1.807) is 19.2 Å². The molecule has 6 heteroatoms. The van der Waals surface area contributed by atoms with Crippen LogP contribution in [0.15, 0.2) is 24.3 Å². The average Bonchev–Trinajstić information content (AvgIpc) is 2.43. The number of hydrogen-bond donors (Lipinski definition) is 3. The van der Waals surface area contributed by atoms with E-state index in [1.807, 2.05) is 6.92 Å². The maximum absolute atomic E-state index is 11.6. The molecule has 20 heavy (non-hydrogen) atoms. The van der Waals surface area contributed by atoms with Gasteiger partial charge >= 0.3 is 12.0 Å². The molecule has 0 aliphatic heterocycles. The van der Waals surface area contributed by atoms with Crippen molar-refractivity contribution in [3.8, 4) is 0 Å². The Morgan fingerprint density at radius 3 is 2.75 bits per heavy atom. The second kappa shape index (κ2) is 8.16. The van der Waals surface area contributed by atoms with E-state index in [9.17, 15) is 9.59 Å². The number of hydrogen-bond acceptors (Lipinski definition) is 3. The van der Waals surface area contributed by atoms with Gasteiger partial charge in [0.1, 0.15) is 0 Å². The molecule has 1 atom stereocenters. The van der Waals surface area contributed by atoms with Gasteiger partial charge in [0.05, 0.1) is 12.2 Å². The molecule has 2 amide bonds. The van der Waals surface area contributed by atoms with Crippen LogP contribution in [-0.4, -0.2) is 37.4 Å². The van der Waals surface area contributed by atoms with Gasteiger partial charge in [-0.25, -0.2) is 9.59 Å². The first-order valence-electron chi connectivity index (χ1n) is 6.35. The fourth-order valence-corrected chi connectivity index (χ4v) is 1.67. The molecule has 0 fully saturated rings. The van der Waals surface area contributed by atoms with Crippen LogP contribution in [0.3, 0.4) is 0 Å². The van der Waals surface area contributed by atoms with Crippen molar-refractivity contribution < 1.29 is 19.4 Å². The van der Waals surface area contributed by atoms with Gasteiger partial charge in [0.15, 0.2) is 0 Å². The summed E-state index contributed by atoms with van der Waals surface area (Å²) in [5.41, 5.74) is 0.948. The summed E-state index contributed by atoms with van der Waals surface area (Å²) in [5, 5.41) is 14.3. The molecule has 1 aromatic rings. The molecule has 110 valence electrons.